The second-order valence-corrected chi connectivity index (χ2v) is 5.45. The molecule has 0 saturated carbocycles. The first-order chi connectivity index (χ1) is 9.21. The Hall–Kier alpha value is -1.46. The third-order valence-electron chi connectivity index (χ3n) is 2.95. The van der Waals surface area contributed by atoms with Crippen LogP contribution in [0.3, 0.4) is 0 Å². The van der Waals surface area contributed by atoms with Crippen LogP contribution in [0.5, 0.6) is 0 Å². The van der Waals surface area contributed by atoms with Crippen molar-refractivity contribution in [1.29, 1.82) is 0 Å². The SMILES string of the molecule is CCN(C(=O)Nc1c(Cl)cccc1Cl)C(C)(C)C(=O)O. The highest BCUT2D eigenvalue weighted by Crippen LogP contribution is 2.30. The second-order valence-electron chi connectivity index (χ2n) is 4.64. The Morgan fingerprint density at radius 2 is 1.80 bits per heavy atom. The Kier molecular flexibility index (Phi) is 5.25. The van der Waals surface area contributed by atoms with Crippen LogP contribution in [0.2, 0.25) is 10.0 Å². The second kappa shape index (κ2) is 6.33. The summed E-state index contributed by atoms with van der Waals surface area (Å²) in [6.07, 6.45) is 0. The molecule has 5 nitrogen and oxygen atoms in total. The van der Waals surface area contributed by atoms with Crippen LogP contribution < -0.4 is 5.32 Å². The first-order valence-corrected chi connectivity index (χ1v) is 6.73. The van der Waals surface area contributed by atoms with Gasteiger partial charge in [-0.15, -0.1) is 0 Å². The summed E-state index contributed by atoms with van der Waals surface area (Å²) in [4.78, 5) is 24.7. The third kappa shape index (κ3) is 3.35. The molecule has 0 aromatic heterocycles. The van der Waals surface area contributed by atoms with Crippen LogP contribution in [-0.2, 0) is 4.79 Å². The molecule has 0 saturated heterocycles. The van der Waals surface area contributed by atoms with E-state index in [-0.39, 0.29) is 22.3 Å². The number of para-hydroxylation sites is 1. The van der Waals surface area contributed by atoms with Crippen molar-refractivity contribution >= 4 is 40.9 Å². The van der Waals surface area contributed by atoms with Crippen LogP contribution >= 0.6 is 23.2 Å². The molecule has 110 valence electrons. The quantitative estimate of drug-likeness (QED) is 0.889. The van der Waals surface area contributed by atoms with E-state index in [1.807, 2.05) is 0 Å². The van der Waals surface area contributed by atoms with Crippen molar-refractivity contribution in [1.82, 2.24) is 4.90 Å². The predicted octanol–water partition coefficient (Wildman–Crippen LogP) is 3.71. The molecule has 0 heterocycles. The lowest BCUT2D eigenvalue weighted by molar-refractivity contribution is -0.147. The van der Waals surface area contributed by atoms with Gasteiger partial charge in [0.15, 0.2) is 0 Å². The van der Waals surface area contributed by atoms with Crippen LogP contribution in [0.1, 0.15) is 20.8 Å². The smallest absolute Gasteiger partial charge is 0.329 e. The summed E-state index contributed by atoms with van der Waals surface area (Å²) >= 11 is 11.9. The number of rotatable bonds is 4. The van der Waals surface area contributed by atoms with Crippen LogP contribution in [0.25, 0.3) is 0 Å². The number of nitrogens with one attached hydrogen (secondary N) is 1. The summed E-state index contributed by atoms with van der Waals surface area (Å²) < 4.78 is 0. The average molecular weight is 319 g/mol. The number of benzene rings is 1. The zero-order valence-electron chi connectivity index (χ0n) is 11.4. The van der Waals surface area contributed by atoms with E-state index in [9.17, 15) is 14.7 Å². The normalized spacial score (nSPS) is 11.1. The Balaban J connectivity index is 3.03. The molecule has 2 N–H and O–H groups in total. The van der Waals surface area contributed by atoms with Gasteiger partial charge in [-0.1, -0.05) is 29.3 Å². The van der Waals surface area contributed by atoms with Crippen molar-refractivity contribution in [2.75, 3.05) is 11.9 Å². The van der Waals surface area contributed by atoms with Gasteiger partial charge in [-0.3, -0.25) is 0 Å². The fourth-order valence-electron chi connectivity index (χ4n) is 1.70. The number of urea groups is 1. The van der Waals surface area contributed by atoms with E-state index in [2.05, 4.69) is 5.32 Å². The van der Waals surface area contributed by atoms with Crippen molar-refractivity contribution in [2.24, 2.45) is 0 Å². The lowest BCUT2D eigenvalue weighted by atomic mass is 10.0. The number of hydrogen-bond donors (Lipinski definition) is 2. The van der Waals surface area contributed by atoms with Crippen molar-refractivity contribution in [2.45, 2.75) is 26.3 Å². The van der Waals surface area contributed by atoms with Gasteiger partial charge in [0.25, 0.3) is 0 Å². The number of nitrogens with zero attached hydrogens (tertiary/aromatic N) is 1. The van der Waals surface area contributed by atoms with Gasteiger partial charge in [0.05, 0.1) is 15.7 Å². The number of carbonyl (C=O) groups excluding carboxylic acids is 1. The van der Waals surface area contributed by atoms with Crippen molar-refractivity contribution in [3.63, 3.8) is 0 Å². The largest absolute Gasteiger partial charge is 0.480 e. The summed E-state index contributed by atoms with van der Waals surface area (Å²) in [5.74, 6) is -1.10. The molecule has 0 bridgehead atoms. The number of amides is 2. The molecule has 0 aliphatic rings. The summed E-state index contributed by atoms with van der Waals surface area (Å²) in [6.45, 7) is 4.82. The number of halogens is 2. The minimum absolute atomic E-state index is 0.229. The number of anilines is 1. The van der Waals surface area contributed by atoms with E-state index >= 15 is 0 Å². The summed E-state index contributed by atoms with van der Waals surface area (Å²) in [6, 6.07) is 4.25. The van der Waals surface area contributed by atoms with Gasteiger partial charge in [0, 0.05) is 6.54 Å². The number of hydrogen-bond acceptors (Lipinski definition) is 2. The molecule has 1 rings (SSSR count). The zero-order chi connectivity index (χ0) is 15.5. The van der Waals surface area contributed by atoms with Gasteiger partial charge >= 0.3 is 12.0 Å². The Morgan fingerprint density at radius 1 is 1.30 bits per heavy atom. The molecule has 0 radical (unpaired) electrons. The molecule has 0 fully saturated rings. The van der Waals surface area contributed by atoms with Gasteiger partial charge in [-0.2, -0.15) is 0 Å². The maximum absolute atomic E-state index is 12.2. The molecule has 2 amide bonds. The molecule has 0 aliphatic carbocycles. The van der Waals surface area contributed by atoms with Crippen LogP contribution in [-0.4, -0.2) is 34.1 Å². The van der Waals surface area contributed by atoms with Crippen LogP contribution in [0, 0.1) is 0 Å². The molecule has 7 heteroatoms. The molecule has 1 aromatic rings. The lowest BCUT2D eigenvalue weighted by Crippen LogP contribution is -2.54. The molecule has 0 spiro atoms. The standard InChI is InChI=1S/C13H16Cl2N2O3/c1-4-17(13(2,3)11(18)19)12(20)16-10-8(14)6-5-7-9(10)15/h5-7H,4H2,1-3H3,(H,16,20)(H,18,19). The van der Waals surface area contributed by atoms with Crippen molar-refractivity contribution in [3.8, 4) is 0 Å². The maximum atomic E-state index is 12.2. The highest BCUT2D eigenvalue weighted by Gasteiger charge is 2.37. The van der Waals surface area contributed by atoms with Gasteiger partial charge in [0.2, 0.25) is 0 Å². The third-order valence-corrected chi connectivity index (χ3v) is 3.58. The lowest BCUT2D eigenvalue weighted by Gasteiger charge is -2.34. The van der Waals surface area contributed by atoms with Gasteiger partial charge in [0.1, 0.15) is 5.54 Å². The van der Waals surface area contributed by atoms with E-state index in [4.69, 9.17) is 23.2 Å². The topological polar surface area (TPSA) is 69.6 Å². The molecular formula is C13H16Cl2N2O3. The molecule has 0 aliphatic heterocycles. The van der Waals surface area contributed by atoms with Crippen molar-refractivity contribution in [3.05, 3.63) is 28.2 Å². The fourth-order valence-corrected chi connectivity index (χ4v) is 2.19. The number of carboxylic acids is 1. The molecular weight excluding hydrogens is 303 g/mol. The van der Waals surface area contributed by atoms with E-state index in [0.29, 0.717) is 0 Å². The van der Waals surface area contributed by atoms with E-state index in [1.54, 1.807) is 25.1 Å². The van der Waals surface area contributed by atoms with Crippen LogP contribution in [0.15, 0.2) is 18.2 Å². The predicted molar refractivity (Wildman–Crippen MR) is 79.6 cm³/mol. The molecule has 0 unspecified atom stereocenters. The zero-order valence-corrected chi connectivity index (χ0v) is 12.9. The van der Waals surface area contributed by atoms with E-state index in [0.717, 1.165) is 0 Å². The number of aliphatic carboxylic acids is 1. The van der Waals surface area contributed by atoms with E-state index < -0.39 is 17.5 Å². The monoisotopic (exact) mass is 318 g/mol. The van der Waals surface area contributed by atoms with Gasteiger partial charge < -0.3 is 15.3 Å². The minimum atomic E-state index is -1.34. The number of carboxylic acid groups (broad SMARTS) is 1. The fraction of sp³-hybridized carbons (Fsp3) is 0.385. The number of carbonyl (C=O) groups is 2. The minimum Gasteiger partial charge on any atom is -0.480 e. The summed E-state index contributed by atoms with van der Waals surface area (Å²) in [7, 11) is 0. The Labute approximate surface area is 127 Å². The Morgan fingerprint density at radius 3 is 2.20 bits per heavy atom. The van der Waals surface area contributed by atoms with Gasteiger partial charge in [-0.25, -0.2) is 9.59 Å². The molecule has 1 aromatic carbocycles. The molecule has 20 heavy (non-hydrogen) atoms. The first-order valence-electron chi connectivity index (χ1n) is 5.97. The molecule has 0 atom stereocenters. The highest BCUT2D eigenvalue weighted by atomic mass is 35.5. The van der Waals surface area contributed by atoms with E-state index in [1.165, 1.54) is 18.7 Å². The summed E-state index contributed by atoms with van der Waals surface area (Å²) in [5.41, 5.74) is -1.08. The van der Waals surface area contributed by atoms with Gasteiger partial charge in [-0.05, 0) is 32.9 Å². The summed E-state index contributed by atoms with van der Waals surface area (Å²) in [5, 5.41) is 12.3. The average Bonchev–Trinajstić information content (AvgIpc) is 2.34. The van der Waals surface area contributed by atoms with Crippen molar-refractivity contribution < 1.29 is 14.7 Å². The number of likely N-dealkylation sites (N-methyl/N-ethyl adjacent to an activating group) is 1. The highest BCUT2D eigenvalue weighted by molar-refractivity contribution is 6.39. The first kappa shape index (κ1) is 16.6. The van der Waals surface area contributed by atoms with Crippen LogP contribution in [0.4, 0.5) is 10.5 Å². The Bertz CT molecular complexity index is 512. The maximum Gasteiger partial charge on any atom is 0.329 e.